The predicted molar refractivity (Wildman–Crippen MR) is 174 cm³/mol. The highest BCUT2D eigenvalue weighted by atomic mass is 32.2. The number of anilines is 2. The maximum Gasteiger partial charge on any atom is 0.272 e. The Balaban J connectivity index is 1.47. The van der Waals surface area contributed by atoms with Crippen molar-refractivity contribution in [2.45, 2.75) is 9.79 Å². The topological polar surface area (TPSA) is 166 Å². The summed E-state index contributed by atoms with van der Waals surface area (Å²) in [5, 5.41) is 13.3. The number of rotatable bonds is 12. The van der Waals surface area contributed by atoms with E-state index in [1.54, 1.807) is 72.8 Å². The van der Waals surface area contributed by atoms with Crippen molar-refractivity contribution >= 4 is 57.0 Å². The third kappa shape index (κ3) is 9.44. The van der Waals surface area contributed by atoms with E-state index in [0.717, 1.165) is 0 Å². The first-order valence-electron chi connectivity index (χ1n) is 13.3. The van der Waals surface area contributed by atoms with Crippen LogP contribution in [0.4, 0.5) is 11.4 Å². The molecule has 4 rings (SSSR count). The minimum atomic E-state index is -3.83. The third-order valence-corrected chi connectivity index (χ3v) is 8.12. The van der Waals surface area contributed by atoms with Crippen LogP contribution in [0.2, 0.25) is 0 Å². The van der Waals surface area contributed by atoms with Crippen LogP contribution in [0.3, 0.4) is 0 Å². The molecule has 0 unspecified atom stereocenters. The average molecular weight is 647 g/mol. The van der Waals surface area contributed by atoms with E-state index in [1.807, 2.05) is 0 Å². The van der Waals surface area contributed by atoms with E-state index in [2.05, 4.69) is 16.0 Å². The van der Waals surface area contributed by atoms with Gasteiger partial charge in [-0.3, -0.25) is 14.4 Å². The number of ether oxygens (including phenoxy) is 2. The van der Waals surface area contributed by atoms with Crippen molar-refractivity contribution in [2.24, 2.45) is 5.14 Å². The van der Waals surface area contributed by atoms with Gasteiger partial charge in [0.05, 0.1) is 24.9 Å². The molecule has 4 aromatic carbocycles. The summed E-state index contributed by atoms with van der Waals surface area (Å²) >= 11 is 1.23. The monoisotopic (exact) mass is 646 g/mol. The molecule has 0 aliphatic heterocycles. The number of hydrogen-bond acceptors (Lipinski definition) is 8. The number of carbonyl (C=O) groups excluding carboxylic acids is 3. The lowest BCUT2D eigenvalue weighted by atomic mass is 10.1. The van der Waals surface area contributed by atoms with Crippen LogP contribution < -0.4 is 30.6 Å². The largest absolute Gasteiger partial charge is 0.497 e. The number of amides is 3. The lowest BCUT2D eigenvalue weighted by Crippen LogP contribution is -2.30. The molecule has 0 aromatic heterocycles. The van der Waals surface area contributed by atoms with Crippen LogP contribution in [-0.4, -0.2) is 46.1 Å². The summed E-state index contributed by atoms with van der Waals surface area (Å²) in [6.45, 7) is 0. The van der Waals surface area contributed by atoms with Crippen LogP contribution >= 0.6 is 11.8 Å². The van der Waals surface area contributed by atoms with Crippen molar-refractivity contribution in [3.8, 4) is 11.5 Å². The summed E-state index contributed by atoms with van der Waals surface area (Å²) < 4.78 is 33.6. The van der Waals surface area contributed by atoms with Gasteiger partial charge in [-0.1, -0.05) is 24.3 Å². The van der Waals surface area contributed by atoms with Gasteiger partial charge in [-0.05, 0) is 72.8 Å². The molecule has 11 nitrogen and oxygen atoms in total. The first-order valence-corrected chi connectivity index (χ1v) is 15.9. The van der Waals surface area contributed by atoms with E-state index in [1.165, 1.54) is 56.3 Å². The van der Waals surface area contributed by atoms with E-state index in [9.17, 15) is 22.8 Å². The Bertz CT molecular complexity index is 1830. The van der Waals surface area contributed by atoms with Crippen molar-refractivity contribution < 1.29 is 32.3 Å². The van der Waals surface area contributed by atoms with E-state index in [0.29, 0.717) is 38.9 Å². The highest BCUT2D eigenvalue weighted by molar-refractivity contribution is 8.00. The highest BCUT2D eigenvalue weighted by Gasteiger charge is 2.17. The van der Waals surface area contributed by atoms with Crippen LogP contribution in [0.25, 0.3) is 6.08 Å². The molecule has 232 valence electrons. The van der Waals surface area contributed by atoms with Gasteiger partial charge < -0.3 is 25.4 Å². The zero-order valence-corrected chi connectivity index (χ0v) is 25.9. The molecule has 45 heavy (non-hydrogen) atoms. The fourth-order valence-corrected chi connectivity index (χ4v) is 5.24. The van der Waals surface area contributed by atoms with Crippen LogP contribution in [0.15, 0.2) is 113 Å². The van der Waals surface area contributed by atoms with Gasteiger partial charge in [-0.25, -0.2) is 13.6 Å². The average Bonchev–Trinajstić information content (AvgIpc) is 3.04. The second-order valence-corrected chi connectivity index (χ2v) is 12.0. The molecular formula is C32H30N4O7S2. The normalized spacial score (nSPS) is 11.3. The molecule has 0 saturated heterocycles. The van der Waals surface area contributed by atoms with Gasteiger partial charge in [0.1, 0.15) is 17.2 Å². The number of sulfonamides is 1. The highest BCUT2D eigenvalue weighted by Crippen LogP contribution is 2.27. The predicted octanol–water partition coefficient (Wildman–Crippen LogP) is 4.49. The molecule has 0 atom stereocenters. The molecule has 5 N–H and O–H groups in total. The van der Waals surface area contributed by atoms with E-state index < -0.39 is 21.8 Å². The summed E-state index contributed by atoms with van der Waals surface area (Å²) in [6, 6.07) is 26.0. The van der Waals surface area contributed by atoms with Crippen LogP contribution in [0.1, 0.15) is 15.9 Å². The lowest BCUT2D eigenvalue weighted by molar-refractivity contribution is -0.114. The number of nitrogens with two attached hydrogens (primary N) is 1. The van der Waals surface area contributed by atoms with Crippen LogP contribution in [0, 0.1) is 0 Å². The summed E-state index contributed by atoms with van der Waals surface area (Å²) in [4.78, 5) is 39.6. The standard InChI is InChI=1S/C32H30N4O7S2/c1-42-25-14-11-22(29(19-25)43-2)17-28(36-31(38)21-7-4-3-5-8-21)32(39)35-24-9-6-10-26(18-24)44-20-30(37)34-23-12-15-27(16-13-23)45(33,40)41/h3-19H,20H2,1-2H3,(H,34,37)(H,35,39)(H,36,38)(H2,33,40,41)/b28-17+. The first kappa shape index (κ1) is 32.8. The second-order valence-electron chi connectivity index (χ2n) is 9.37. The van der Waals surface area contributed by atoms with Gasteiger partial charge in [0, 0.05) is 33.5 Å². The smallest absolute Gasteiger partial charge is 0.272 e. The molecule has 0 aliphatic rings. The van der Waals surface area contributed by atoms with Crippen molar-refractivity contribution in [3.05, 3.63) is 114 Å². The zero-order chi connectivity index (χ0) is 32.4. The number of nitrogens with one attached hydrogen (secondary N) is 3. The summed E-state index contributed by atoms with van der Waals surface area (Å²) in [7, 11) is -0.819. The fourth-order valence-electron chi connectivity index (χ4n) is 3.97. The molecule has 0 saturated carbocycles. The van der Waals surface area contributed by atoms with Gasteiger partial charge in [0.15, 0.2) is 0 Å². The SMILES string of the molecule is COc1ccc(/C=C(/NC(=O)c2ccccc2)C(=O)Nc2cccc(SCC(=O)Nc3ccc(S(N)(=O)=O)cc3)c2)c(OC)c1. The maximum absolute atomic E-state index is 13.5. The molecule has 3 amide bonds. The van der Waals surface area contributed by atoms with Gasteiger partial charge in [-0.15, -0.1) is 11.8 Å². The number of hydrogen-bond donors (Lipinski definition) is 4. The Hall–Kier alpha value is -5.11. The molecule has 4 aromatic rings. The molecule has 0 fully saturated rings. The van der Waals surface area contributed by atoms with Crippen molar-refractivity contribution in [3.63, 3.8) is 0 Å². The van der Waals surface area contributed by atoms with Crippen molar-refractivity contribution in [1.82, 2.24) is 5.32 Å². The summed E-state index contributed by atoms with van der Waals surface area (Å²) in [5.74, 6) is -0.333. The van der Waals surface area contributed by atoms with E-state index >= 15 is 0 Å². The van der Waals surface area contributed by atoms with Gasteiger partial charge in [0.25, 0.3) is 11.8 Å². The molecule has 0 bridgehead atoms. The van der Waals surface area contributed by atoms with Gasteiger partial charge >= 0.3 is 0 Å². The molecule has 0 heterocycles. The Morgan fingerprint density at radius 2 is 1.56 bits per heavy atom. The van der Waals surface area contributed by atoms with Crippen LogP contribution in [0.5, 0.6) is 11.5 Å². The lowest BCUT2D eigenvalue weighted by Gasteiger charge is -2.13. The first-order chi connectivity index (χ1) is 21.5. The second kappa shape index (κ2) is 15.1. The Morgan fingerprint density at radius 1 is 0.822 bits per heavy atom. The number of benzene rings is 4. The van der Waals surface area contributed by atoms with E-state index in [-0.39, 0.29) is 22.3 Å². The number of primary sulfonamides is 1. The van der Waals surface area contributed by atoms with Gasteiger partial charge in [0.2, 0.25) is 15.9 Å². The zero-order valence-electron chi connectivity index (χ0n) is 24.3. The number of carbonyl (C=O) groups is 3. The Morgan fingerprint density at radius 3 is 2.22 bits per heavy atom. The van der Waals surface area contributed by atoms with Gasteiger partial charge in [-0.2, -0.15) is 0 Å². The van der Waals surface area contributed by atoms with Crippen molar-refractivity contribution in [2.75, 3.05) is 30.6 Å². The molecule has 0 aliphatic carbocycles. The Labute approximate surface area is 264 Å². The minimum absolute atomic E-state index is 0.0294. The van der Waals surface area contributed by atoms with Crippen molar-refractivity contribution in [1.29, 1.82) is 0 Å². The molecular weight excluding hydrogens is 617 g/mol. The number of methoxy groups -OCH3 is 2. The fraction of sp³-hybridized carbons (Fsp3) is 0.0938. The summed E-state index contributed by atoms with van der Waals surface area (Å²) in [5.41, 5.74) is 1.73. The Kier molecular flexibility index (Phi) is 11.0. The number of thioether (sulfide) groups is 1. The van der Waals surface area contributed by atoms with E-state index in [4.69, 9.17) is 14.6 Å². The molecule has 13 heteroatoms. The molecule has 0 spiro atoms. The molecule has 0 radical (unpaired) electrons. The van der Waals surface area contributed by atoms with Crippen LogP contribution in [-0.2, 0) is 19.6 Å². The maximum atomic E-state index is 13.5. The quantitative estimate of drug-likeness (QED) is 0.129. The minimum Gasteiger partial charge on any atom is -0.497 e. The third-order valence-electron chi connectivity index (χ3n) is 6.20. The summed E-state index contributed by atoms with van der Waals surface area (Å²) in [6.07, 6.45) is 1.51.